The molecule has 0 saturated carbocycles. The van der Waals surface area contributed by atoms with Crippen molar-refractivity contribution in [2.24, 2.45) is 0 Å². The Morgan fingerprint density at radius 3 is 2.53 bits per heavy atom. The van der Waals surface area contributed by atoms with E-state index < -0.39 is 29.9 Å². The van der Waals surface area contributed by atoms with Crippen molar-refractivity contribution < 1.29 is 32.9 Å². The highest BCUT2D eigenvalue weighted by atomic mass is 19.4. The van der Waals surface area contributed by atoms with Gasteiger partial charge in [0.25, 0.3) is 0 Å². The van der Waals surface area contributed by atoms with E-state index in [-0.39, 0.29) is 12.2 Å². The van der Waals surface area contributed by atoms with Gasteiger partial charge in [0, 0.05) is 0 Å². The summed E-state index contributed by atoms with van der Waals surface area (Å²) in [6, 6.07) is 3.77. The number of rotatable bonds is 4. The predicted molar refractivity (Wildman–Crippen MR) is 59.0 cm³/mol. The van der Waals surface area contributed by atoms with Crippen LogP contribution >= 0.6 is 0 Å². The number of aliphatic hydroxyl groups excluding tert-OH is 2. The van der Waals surface area contributed by atoms with Gasteiger partial charge in [0.05, 0.1) is 12.2 Å². The van der Waals surface area contributed by atoms with Crippen LogP contribution in [-0.4, -0.2) is 28.9 Å². The maximum Gasteiger partial charge on any atom is 0.416 e. The molecule has 0 amide bonds. The molecule has 4 nitrogen and oxygen atoms in total. The molecule has 0 aliphatic rings. The Balaban J connectivity index is 2.94. The van der Waals surface area contributed by atoms with Gasteiger partial charge in [0.2, 0.25) is 0 Å². The average Bonchev–Trinajstić information content (AvgIpc) is 2.36. The normalized spacial score (nSPS) is 14.8. The third kappa shape index (κ3) is 3.93. The van der Waals surface area contributed by atoms with Crippen molar-refractivity contribution in [3.05, 3.63) is 35.4 Å². The Bertz CT molecular complexity index is 445. The van der Waals surface area contributed by atoms with Crippen molar-refractivity contribution in [2.45, 2.75) is 25.3 Å². The molecule has 0 aliphatic heterocycles. The third-order valence-electron chi connectivity index (χ3n) is 2.38. The first-order valence-electron chi connectivity index (χ1n) is 5.47. The van der Waals surface area contributed by atoms with E-state index >= 15 is 0 Å². The summed E-state index contributed by atoms with van der Waals surface area (Å²) in [5, 5.41) is 19.1. The molecule has 0 bridgehead atoms. The Morgan fingerprint density at radius 1 is 1.37 bits per heavy atom. The first kappa shape index (κ1) is 15.5. The monoisotopic (exact) mass is 278 g/mol. The van der Waals surface area contributed by atoms with Gasteiger partial charge in [-0.2, -0.15) is 13.2 Å². The molecule has 106 valence electrons. The molecule has 0 heterocycles. The molecule has 19 heavy (non-hydrogen) atoms. The Hall–Kier alpha value is -1.60. The number of ether oxygens (including phenoxy) is 1. The number of aliphatic hydroxyl groups is 2. The van der Waals surface area contributed by atoms with Gasteiger partial charge in [-0.3, -0.25) is 0 Å². The second-order valence-corrected chi connectivity index (χ2v) is 3.76. The number of halogens is 3. The number of carbonyl (C=O) groups excluding carboxylic acids is 1. The van der Waals surface area contributed by atoms with Crippen LogP contribution in [0.4, 0.5) is 13.2 Å². The molecule has 0 fully saturated rings. The molecular weight excluding hydrogens is 265 g/mol. The van der Waals surface area contributed by atoms with Crippen molar-refractivity contribution in [3.8, 4) is 0 Å². The molecule has 1 aromatic carbocycles. The SMILES string of the molecule is CCOC(=O)[C@H](O)[C@H](O)c1cccc(C(F)(F)F)c1. The molecule has 1 rings (SSSR count). The van der Waals surface area contributed by atoms with Crippen molar-refractivity contribution in [3.63, 3.8) is 0 Å². The van der Waals surface area contributed by atoms with Crippen LogP contribution in [0.3, 0.4) is 0 Å². The highest BCUT2D eigenvalue weighted by Crippen LogP contribution is 2.31. The smallest absolute Gasteiger partial charge is 0.416 e. The topological polar surface area (TPSA) is 66.8 Å². The molecule has 0 aliphatic carbocycles. The second kappa shape index (κ2) is 6.03. The van der Waals surface area contributed by atoms with E-state index in [2.05, 4.69) is 4.74 Å². The third-order valence-corrected chi connectivity index (χ3v) is 2.38. The molecule has 0 unspecified atom stereocenters. The Labute approximate surface area is 107 Å². The van der Waals surface area contributed by atoms with E-state index in [1.807, 2.05) is 0 Å². The van der Waals surface area contributed by atoms with Gasteiger partial charge in [-0.05, 0) is 24.6 Å². The van der Waals surface area contributed by atoms with E-state index in [1.54, 1.807) is 0 Å². The van der Waals surface area contributed by atoms with Gasteiger partial charge < -0.3 is 14.9 Å². The zero-order valence-corrected chi connectivity index (χ0v) is 10.0. The van der Waals surface area contributed by atoms with Gasteiger partial charge in [0.15, 0.2) is 6.10 Å². The number of hydrogen-bond donors (Lipinski definition) is 2. The molecule has 0 radical (unpaired) electrons. The first-order valence-corrected chi connectivity index (χ1v) is 5.47. The molecule has 0 aromatic heterocycles. The van der Waals surface area contributed by atoms with Crippen LogP contribution in [-0.2, 0) is 15.7 Å². The maximum absolute atomic E-state index is 12.5. The molecule has 0 spiro atoms. The Morgan fingerprint density at radius 2 is 2.00 bits per heavy atom. The first-order chi connectivity index (χ1) is 8.77. The lowest BCUT2D eigenvalue weighted by Gasteiger charge is -2.17. The van der Waals surface area contributed by atoms with Gasteiger partial charge in [0.1, 0.15) is 6.10 Å². The lowest BCUT2D eigenvalue weighted by atomic mass is 10.0. The molecule has 1 aromatic rings. The minimum absolute atomic E-state index is 0.00873. The van der Waals surface area contributed by atoms with E-state index in [9.17, 15) is 28.2 Å². The van der Waals surface area contributed by atoms with Crippen molar-refractivity contribution in [1.29, 1.82) is 0 Å². The summed E-state index contributed by atoms with van der Waals surface area (Å²) in [5.41, 5.74) is -1.18. The van der Waals surface area contributed by atoms with Crippen molar-refractivity contribution in [2.75, 3.05) is 6.61 Å². The fraction of sp³-hybridized carbons (Fsp3) is 0.417. The van der Waals surface area contributed by atoms with Gasteiger partial charge >= 0.3 is 12.1 Å². The molecule has 7 heteroatoms. The van der Waals surface area contributed by atoms with E-state index in [0.29, 0.717) is 6.07 Å². The summed E-state index contributed by atoms with van der Waals surface area (Å²) in [6.45, 7) is 1.49. The largest absolute Gasteiger partial charge is 0.464 e. The number of alkyl halides is 3. The predicted octanol–water partition coefficient (Wildman–Crippen LogP) is 1.66. The van der Waals surface area contributed by atoms with Crippen LogP contribution < -0.4 is 0 Å². The molecule has 2 N–H and O–H groups in total. The highest BCUT2D eigenvalue weighted by molar-refractivity contribution is 5.75. The fourth-order valence-corrected chi connectivity index (χ4v) is 1.44. The Kier molecular flexibility index (Phi) is 4.90. The van der Waals surface area contributed by atoms with E-state index in [4.69, 9.17) is 0 Å². The molecular formula is C12H13F3O4. The molecule has 0 saturated heterocycles. The van der Waals surface area contributed by atoms with Crippen LogP contribution in [0.25, 0.3) is 0 Å². The van der Waals surface area contributed by atoms with Crippen molar-refractivity contribution in [1.82, 2.24) is 0 Å². The van der Waals surface area contributed by atoms with Gasteiger partial charge in [-0.25, -0.2) is 4.79 Å². The summed E-state index contributed by atoms with van der Waals surface area (Å²) in [4.78, 5) is 11.2. The fourth-order valence-electron chi connectivity index (χ4n) is 1.44. The van der Waals surface area contributed by atoms with Crippen LogP contribution in [0.5, 0.6) is 0 Å². The van der Waals surface area contributed by atoms with Crippen LogP contribution in [0.15, 0.2) is 24.3 Å². The zero-order chi connectivity index (χ0) is 14.6. The zero-order valence-electron chi connectivity index (χ0n) is 10.0. The van der Waals surface area contributed by atoms with Crippen LogP contribution in [0.2, 0.25) is 0 Å². The number of carbonyl (C=O) groups is 1. The minimum atomic E-state index is -4.56. The highest BCUT2D eigenvalue weighted by Gasteiger charge is 2.32. The lowest BCUT2D eigenvalue weighted by Crippen LogP contribution is -2.30. The maximum atomic E-state index is 12.5. The summed E-state index contributed by atoms with van der Waals surface area (Å²) < 4.78 is 41.9. The number of benzene rings is 1. The summed E-state index contributed by atoms with van der Waals surface area (Å²) in [7, 11) is 0. The van der Waals surface area contributed by atoms with E-state index in [0.717, 1.165) is 12.1 Å². The average molecular weight is 278 g/mol. The number of esters is 1. The standard InChI is InChI=1S/C12H13F3O4/c1-2-19-11(18)10(17)9(16)7-4-3-5-8(6-7)12(13,14)15/h3-6,9-10,16-17H,2H2,1H3/t9-,10-/m1/s1. The van der Waals surface area contributed by atoms with E-state index in [1.165, 1.54) is 13.0 Å². The van der Waals surface area contributed by atoms with Crippen molar-refractivity contribution >= 4 is 5.97 Å². The van der Waals surface area contributed by atoms with Gasteiger partial charge in [-0.1, -0.05) is 12.1 Å². The summed E-state index contributed by atoms with van der Waals surface area (Å²) >= 11 is 0. The molecule has 2 atom stereocenters. The van der Waals surface area contributed by atoms with Crippen LogP contribution in [0, 0.1) is 0 Å². The number of hydrogen-bond acceptors (Lipinski definition) is 4. The second-order valence-electron chi connectivity index (χ2n) is 3.76. The quantitative estimate of drug-likeness (QED) is 0.822. The van der Waals surface area contributed by atoms with Gasteiger partial charge in [-0.15, -0.1) is 0 Å². The summed E-state index contributed by atoms with van der Waals surface area (Å²) in [6.07, 6.45) is -8.27. The van der Waals surface area contributed by atoms with Crippen LogP contribution in [0.1, 0.15) is 24.2 Å². The summed E-state index contributed by atoms with van der Waals surface area (Å²) in [5.74, 6) is -1.09. The minimum Gasteiger partial charge on any atom is -0.464 e. The lowest BCUT2D eigenvalue weighted by molar-refractivity contribution is -0.159.